The third-order valence-corrected chi connectivity index (χ3v) is 5.49. The van der Waals surface area contributed by atoms with Gasteiger partial charge in [-0.3, -0.25) is 9.20 Å². The molecule has 8 heteroatoms. The molecule has 0 saturated carbocycles. The lowest BCUT2D eigenvalue weighted by Gasteiger charge is -2.10. The van der Waals surface area contributed by atoms with E-state index in [9.17, 15) is 14.4 Å². The molecule has 0 unspecified atom stereocenters. The van der Waals surface area contributed by atoms with Crippen LogP contribution in [0.15, 0.2) is 34.9 Å². The molecular weight excluding hydrogens is 435 g/mol. The lowest BCUT2D eigenvalue weighted by atomic mass is 9.97. The van der Waals surface area contributed by atoms with E-state index in [0.717, 1.165) is 17.3 Å². The van der Waals surface area contributed by atoms with Gasteiger partial charge in [-0.05, 0) is 47.1 Å². The van der Waals surface area contributed by atoms with Gasteiger partial charge in [-0.2, -0.15) is 5.26 Å². The molecule has 27 heavy (non-hydrogen) atoms. The van der Waals surface area contributed by atoms with Crippen molar-refractivity contribution in [2.75, 3.05) is 0 Å². The summed E-state index contributed by atoms with van der Waals surface area (Å²) in [7, 11) is 1.78. The number of aromatic nitrogens is 3. The van der Waals surface area contributed by atoms with Gasteiger partial charge < -0.3 is 4.57 Å². The molecule has 0 aliphatic heterocycles. The predicted octanol–water partition coefficient (Wildman–Crippen LogP) is 4.79. The lowest BCUT2D eigenvalue weighted by molar-refractivity contribution is 0.103. The number of carbonyl (C=O) groups excluding carboxylic acids is 1. The van der Waals surface area contributed by atoms with Crippen LogP contribution >= 0.6 is 27.5 Å². The van der Waals surface area contributed by atoms with Crippen LogP contribution in [0.5, 0.6) is 0 Å². The zero-order chi connectivity index (χ0) is 19.5. The zero-order valence-electron chi connectivity index (χ0n) is 14.2. The number of rotatable bonds is 2. The number of hydrogen-bond donors (Lipinski definition) is 0. The molecule has 2 aromatic heterocycles. The van der Waals surface area contributed by atoms with E-state index in [2.05, 4.69) is 27.0 Å². The second-order valence-corrected chi connectivity index (χ2v) is 7.40. The first kappa shape index (κ1) is 17.7. The van der Waals surface area contributed by atoms with Gasteiger partial charge in [0.2, 0.25) is 5.78 Å². The second-order valence-electron chi connectivity index (χ2n) is 6.14. The van der Waals surface area contributed by atoms with Crippen molar-refractivity contribution in [3.8, 4) is 6.07 Å². The Morgan fingerprint density at radius 1 is 1.37 bits per heavy atom. The lowest BCUT2D eigenvalue weighted by Crippen LogP contribution is -2.08. The largest absolute Gasteiger partial charge is 0.312 e. The minimum Gasteiger partial charge on any atom is -0.312 e. The highest BCUT2D eigenvalue weighted by Crippen LogP contribution is 2.34. The highest BCUT2D eigenvalue weighted by molar-refractivity contribution is 9.10. The summed E-state index contributed by atoms with van der Waals surface area (Å²) >= 11 is 9.51. The summed E-state index contributed by atoms with van der Waals surface area (Å²) in [5.41, 5.74) is 2.54. The van der Waals surface area contributed by atoms with Crippen molar-refractivity contribution in [2.45, 2.75) is 6.92 Å². The maximum Gasteiger partial charge on any atom is 0.214 e. The number of aryl methyl sites for hydroxylation is 2. The standard InChI is InChI=1S/C19H11BrClFN4O/c1-9-8-24-19-25(2)17-12(7-23)16(13(20)6-15(17)26(9)19)18(27)11-5-10(22)3-4-14(11)21/h3-6,8H,1-2H3. The molecule has 134 valence electrons. The minimum atomic E-state index is -0.577. The highest BCUT2D eigenvalue weighted by atomic mass is 79.9. The Labute approximate surface area is 166 Å². The number of carbonyl (C=O) groups is 1. The molecule has 2 heterocycles. The number of benzene rings is 2. The van der Waals surface area contributed by atoms with Gasteiger partial charge in [0.05, 0.1) is 33.4 Å². The Balaban J connectivity index is 2.10. The van der Waals surface area contributed by atoms with E-state index in [4.69, 9.17) is 11.6 Å². The number of imidazole rings is 2. The molecule has 0 atom stereocenters. The van der Waals surface area contributed by atoms with E-state index in [1.54, 1.807) is 23.9 Å². The van der Waals surface area contributed by atoms with Crippen molar-refractivity contribution in [1.82, 2.24) is 14.0 Å². The molecule has 0 radical (unpaired) electrons. The molecule has 4 rings (SSSR count). The summed E-state index contributed by atoms with van der Waals surface area (Å²) in [5, 5.41) is 9.96. The summed E-state index contributed by atoms with van der Waals surface area (Å²) in [6, 6.07) is 7.46. The van der Waals surface area contributed by atoms with Crippen molar-refractivity contribution in [1.29, 1.82) is 5.26 Å². The quantitative estimate of drug-likeness (QED) is 0.417. The Morgan fingerprint density at radius 2 is 2.11 bits per heavy atom. The van der Waals surface area contributed by atoms with Gasteiger partial charge in [0.1, 0.15) is 11.9 Å². The number of hydrogen-bond acceptors (Lipinski definition) is 3. The Kier molecular flexibility index (Phi) is 4.06. The molecule has 0 spiro atoms. The van der Waals surface area contributed by atoms with Crippen molar-refractivity contribution in [2.24, 2.45) is 7.05 Å². The first-order chi connectivity index (χ1) is 12.8. The topological polar surface area (TPSA) is 63.1 Å². The fourth-order valence-electron chi connectivity index (χ4n) is 3.33. The average Bonchev–Trinajstić information content (AvgIpc) is 3.15. The number of ketones is 1. The molecule has 4 aromatic rings. The van der Waals surface area contributed by atoms with E-state index < -0.39 is 11.6 Å². The minimum absolute atomic E-state index is 0.00313. The van der Waals surface area contributed by atoms with Gasteiger partial charge in [0.25, 0.3) is 0 Å². The van der Waals surface area contributed by atoms with Crippen LogP contribution in [0.1, 0.15) is 27.2 Å². The predicted molar refractivity (Wildman–Crippen MR) is 104 cm³/mol. The third kappa shape index (κ3) is 2.48. The van der Waals surface area contributed by atoms with E-state index >= 15 is 0 Å². The molecule has 2 aromatic carbocycles. The maximum absolute atomic E-state index is 13.7. The highest BCUT2D eigenvalue weighted by Gasteiger charge is 2.26. The molecule has 0 aliphatic carbocycles. The monoisotopic (exact) mass is 444 g/mol. The smallest absolute Gasteiger partial charge is 0.214 e. The Bertz CT molecular complexity index is 1320. The summed E-state index contributed by atoms with van der Waals surface area (Å²) in [6.45, 7) is 1.91. The number of fused-ring (bicyclic) bond motifs is 3. The molecule has 0 aliphatic rings. The summed E-state index contributed by atoms with van der Waals surface area (Å²) < 4.78 is 17.8. The van der Waals surface area contributed by atoms with E-state index in [1.165, 1.54) is 12.1 Å². The summed E-state index contributed by atoms with van der Waals surface area (Å²) in [6.07, 6.45) is 1.74. The number of nitriles is 1. The van der Waals surface area contributed by atoms with Crippen LogP contribution in [0.4, 0.5) is 4.39 Å². The van der Waals surface area contributed by atoms with Crippen LogP contribution in [0.25, 0.3) is 16.8 Å². The van der Waals surface area contributed by atoms with E-state index in [0.29, 0.717) is 15.8 Å². The van der Waals surface area contributed by atoms with Crippen molar-refractivity contribution in [3.05, 3.63) is 68.2 Å². The van der Waals surface area contributed by atoms with Crippen LogP contribution < -0.4 is 0 Å². The maximum atomic E-state index is 13.7. The van der Waals surface area contributed by atoms with Crippen LogP contribution in [0.2, 0.25) is 5.02 Å². The normalized spacial score (nSPS) is 11.3. The van der Waals surface area contributed by atoms with Gasteiger partial charge in [0.15, 0.2) is 5.78 Å². The van der Waals surface area contributed by atoms with Gasteiger partial charge in [-0.1, -0.05) is 11.6 Å². The fourth-order valence-corrected chi connectivity index (χ4v) is 4.13. The van der Waals surface area contributed by atoms with Crippen LogP contribution in [0, 0.1) is 24.1 Å². The van der Waals surface area contributed by atoms with E-state index in [1.807, 2.05) is 11.3 Å². The number of halogens is 3. The van der Waals surface area contributed by atoms with Crippen LogP contribution in [0.3, 0.4) is 0 Å². The molecule has 0 N–H and O–H groups in total. The summed E-state index contributed by atoms with van der Waals surface area (Å²) in [4.78, 5) is 17.5. The summed E-state index contributed by atoms with van der Waals surface area (Å²) in [5.74, 6) is -0.453. The Hall–Kier alpha value is -2.69. The Morgan fingerprint density at radius 3 is 2.81 bits per heavy atom. The number of nitrogens with zero attached hydrogens (tertiary/aromatic N) is 4. The first-order valence-electron chi connectivity index (χ1n) is 7.90. The van der Waals surface area contributed by atoms with Gasteiger partial charge in [-0.25, -0.2) is 9.37 Å². The molecule has 0 fully saturated rings. The second kappa shape index (κ2) is 6.19. The van der Waals surface area contributed by atoms with Gasteiger partial charge >= 0.3 is 0 Å². The van der Waals surface area contributed by atoms with Gasteiger partial charge in [0, 0.05) is 22.8 Å². The average molecular weight is 446 g/mol. The molecule has 0 bridgehead atoms. The van der Waals surface area contributed by atoms with Crippen molar-refractivity contribution < 1.29 is 9.18 Å². The fraction of sp³-hybridized carbons (Fsp3) is 0.105. The molecular formula is C19H11BrClFN4O. The first-order valence-corrected chi connectivity index (χ1v) is 9.07. The molecule has 0 saturated heterocycles. The van der Waals surface area contributed by atoms with Crippen LogP contribution in [-0.2, 0) is 7.05 Å². The van der Waals surface area contributed by atoms with Crippen molar-refractivity contribution in [3.63, 3.8) is 0 Å². The molecule has 0 amide bonds. The van der Waals surface area contributed by atoms with Crippen molar-refractivity contribution >= 4 is 50.1 Å². The zero-order valence-corrected chi connectivity index (χ0v) is 16.6. The van der Waals surface area contributed by atoms with E-state index in [-0.39, 0.29) is 21.7 Å². The third-order valence-electron chi connectivity index (χ3n) is 4.54. The van der Waals surface area contributed by atoms with Gasteiger partial charge in [-0.15, -0.1) is 0 Å². The SMILES string of the molecule is Cc1cnc2n(C)c3c(C#N)c(C(=O)c4cc(F)ccc4Cl)c(Br)cc3n12. The van der Waals surface area contributed by atoms with Crippen LogP contribution in [-0.4, -0.2) is 19.7 Å². The molecule has 5 nitrogen and oxygen atoms in total.